The van der Waals surface area contributed by atoms with E-state index in [0.717, 1.165) is 0 Å². The van der Waals surface area contributed by atoms with Crippen molar-refractivity contribution in [1.29, 1.82) is 0 Å². The standard InChI is InChI=1S/C25H20F2N2O5/c26-18-8-5-16(6-9-18)12-28-24(31)13-29-20-11-17(7-10-23(20)34-15-25(29)32)21(30)14-33-22-4-2-1-3-19(22)27/h1-11H,12-15H2,(H,28,31). The lowest BCUT2D eigenvalue weighted by molar-refractivity contribution is -0.125. The van der Waals surface area contributed by atoms with Crippen LogP contribution in [0.5, 0.6) is 11.5 Å². The molecule has 4 rings (SSSR count). The van der Waals surface area contributed by atoms with E-state index in [4.69, 9.17) is 9.47 Å². The number of fused-ring (bicyclic) bond motifs is 1. The molecule has 0 radical (unpaired) electrons. The molecule has 0 atom stereocenters. The number of carbonyl (C=O) groups excluding carboxylic acids is 3. The Balaban J connectivity index is 1.44. The van der Waals surface area contributed by atoms with Gasteiger partial charge in [-0.2, -0.15) is 0 Å². The average molecular weight is 466 g/mol. The number of Topliss-reactive ketones (excluding diaryl/α,β-unsaturated/α-hetero) is 1. The first-order valence-electron chi connectivity index (χ1n) is 10.4. The SMILES string of the molecule is O=C(CN1C(=O)COc2ccc(C(=O)COc3ccccc3F)cc21)NCc1ccc(F)cc1. The van der Waals surface area contributed by atoms with Crippen LogP contribution >= 0.6 is 0 Å². The Hall–Kier alpha value is -4.27. The minimum Gasteiger partial charge on any atom is -0.482 e. The second kappa shape index (κ2) is 10.1. The van der Waals surface area contributed by atoms with E-state index in [-0.39, 0.29) is 42.5 Å². The number of anilines is 1. The Kier molecular flexibility index (Phi) is 6.82. The first-order valence-corrected chi connectivity index (χ1v) is 10.4. The monoisotopic (exact) mass is 466 g/mol. The molecule has 1 aliphatic heterocycles. The summed E-state index contributed by atoms with van der Waals surface area (Å²) < 4.78 is 37.4. The normalized spacial score (nSPS) is 12.5. The molecular weight excluding hydrogens is 446 g/mol. The zero-order chi connectivity index (χ0) is 24.1. The molecule has 7 nitrogen and oxygen atoms in total. The van der Waals surface area contributed by atoms with E-state index >= 15 is 0 Å². The zero-order valence-corrected chi connectivity index (χ0v) is 17.9. The third-order valence-electron chi connectivity index (χ3n) is 5.12. The van der Waals surface area contributed by atoms with Gasteiger partial charge in [0.05, 0.1) is 5.69 Å². The lowest BCUT2D eigenvalue weighted by atomic mass is 10.1. The van der Waals surface area contributed by atoms with Crippen molar-refractivity contribution in [2.24, 2.45) is 0 Å². The van der Waals surface area contributed by atoms with Crippen molar-refractivity contribution in [1.82, 2.24) is 5.32 Å². The molecule has 1 aliphatic rings. The fraction of sp³-hybridized carbons (Fsp3) is 0.160. The third-order valence-corrected chi connectivity index (χ3v) is 5.12. The molecule has 1 N–H and O–H groups in total. The van der Waals surface area contributed by atoms with Crippen molar-refractivity contribution in [2.75, 3.05) is 24.7 Å². The molecule has 2 amide bonds. The van der Waals surface area contributed by atoms with Crippen LogP contribution in [0.4, 0.5) is 14.5 Å². The van der Waals surface area contributed by atoms with Gasteiger partial charge in [0.15, 0.2) is 30.6 Å². The van der Waals surface area contributed by atoms with Crippen LogP contribution in [0.3, 0.4) is 0 Å². The molecule has 0 saturated carbocycles. The van der Waals surface area contributed by atoms with Gasteiger partial charge in [-0.3, -0.25) is 19.3 Å². The maximum atomic E-state index is 13.7. The minimum atomic E-state index is -0.586. The Morgan fingerprint density at radius 3 is 2.56 bits per heavy atom. The number of ketones is 1. The molecule has 3 aromatic rings. The quantitative estimate of drug-likeness (QED) is 0.515. The van der Waals surface area contributed by atoms with Crippen molar-refractivity contribution >= 4 is 23.3 Å². The number of nitrogens with one attached hydrogen (secondary N) is 1. The van der Waals surface area contributed by atoms with Gasteiger partial charge in [0, 0.05) is 12.1 Å². The summed E-state index contributed by atoms with van der Waals surface area (Å²) in [6, 6.07) is 15.9. The van der Waals surface area contributed by atoms with E-state index in [9.17, 15) is 23.2 Å². The molecule has 0 bridgehead atoms. The van der Waals surface area contributed by atoms with Gasteiger partial charge in [-0.25, -0.2) is 8.78 Å². The van der Waals surface area contributed by atoms with Crippen LogP contribution in [-0.2, 0) is 16.1 Å². The summed E-state index contributed by atoms with van der Waals surface area (Å²) in [5, 5.41) is 2.68. The number of benzene rings is 3. The van der Waals surface area contributed by atoms with Crippen molar-refractivity contribution in [3.63, 3.8) is 0 Å². The number of rotatable bonds is 8. The molecule has 0 fully saturated rings. The minimum absolute atomic E-state index is 0.0493. The highest BCUT2D eigenvalue weighted by Gasteiger charge is 2.28. The summed E-state index contributed by atoms with van der Waals surface area (Å²) >= 11 is 0. The average Bonchev–Trinajstić information content (AvgIpc) is 2.84. The largest absolute Gasteiger partial charge is 0.482 e. The predicted molar refractivity (Wildman–Crippen MR) is 119 cm³/mol. The van der Waals surface area contributed by atoms with Crippen LogP contribution in [0.25, 0.3) is 0 Å². The van der Waals surface area contributed by atoms with Gasteiger partial charge in [0.1, 0.15) is 18.1 Å². The number of para-hydroxylation sites is 1. The molecule has 3 aromatic carbocycles. The molecule has 0 aromatic heterocycles. The predicted octanol–water partition coefficient (Wildman–Crippen LogP) is 3.27. The van der Waals surface area contributed by atoms with Gasteiger partial charge in [-0.15, -0.1) is 0 Å². The van der Waals surface area contributed by atoms with Gasteiger partial charge in [0.25, 0.3) is 5.91 Å². The molecule has 0 spiro atoms. The highest BCUT2D eigenvalue weighted by Crippen LogP contribution is 2.33. The second-order valence-corrected chi connectivity index (χ2v) is 7.50. The molecular formula is C25H20F2N2O5. The van der Waals surface area contributed by atoms with Crippen molar-refractivity contribution < 1.29 is 32.6 Å². The van der Waals surface area contributed by atoms with Crippen LogP contribution in [0, 0.1) is 11.6 Å². The number of hydrogen-bond donors (Lipinski definition) is 1. The van der Waals surface area contributed by atoms with Crippen LogP contribution in [0.15, 0.2) is 66.7 Å². The second-order valence-electron chi connectivity index (χ2n) is 7.50. The lowest BCUT2D eigenvalue weighted by Gasteiger charge is -2.29. The van der Waals surface area contributed by atoms with Crippen LogP contribution < -0.4 is 19.7 Å². The van der Waals surface area contributed by atoms with E-state index in [1.807, 2.05) is 0 Å². The Morgan fingerprint density at radius 2 is 1.79 bits per heavy atom. The molecule has 0 aliphatic carbocycles. The molecule has 1 heterocycles. The number of amides is 2. The van der Waals surface area contributed by atoms with E-state index in [2.05, 4.69) is 5.32 Å². The number of nitrogens with zero attached hydrogens (tertiary/aromatic N) is 1. The lowest BCUT2D eigenvalue weighted by Crippen LogP contribution is -2.45. The van der Waals surface area contributed by atoms with Crippen molar-refractivity contribution in [3.8, 4) is 11.5 Å². The highest BCUT2D eigenvalue weighted by atomic mass is 19.1. The van der Waals surface area contributed by atoms with E-state index in [0.29, 0.717) is 11.3 Å². The first-order chi connectivity index (χ1) is 16.4. The fourth-order valence-electron chi connectivity index (χ4n) is 3.34. The summed E-state index contributed by atoms with van der Waals surface area (Å²) in [5.41, 5.74) is 1.18. The Bertz CT molecular complexity index is 1230. The summed E-state index contributed by atoms with van der Waals surface area (Å²) in [4.78, 5) is 38.8. The Labute approximate surface area is 193 Å². The number of ether oxygens (including phenoxy) is 2. The number of halogens is 2. The van der Waals surface area contributed by atoms with Gasteiger partial charge in [0.2, 0.25) is 5.91 Å². The summed E-state index contributed by atoms with van der Waals surface area (Å²) in [6.45, 7) is -0.787. The van der Waals surface area contributed by atoms with Crippen LogP contribution in [-0.4, -0.2) is 37.4 Å². The molecule has 34 heavy (non-hydrogen) atoms. The highest BCUT2D eigenvalue weighted by molar-refractivity contribution is 6.04. The topological polar surface area (TPSA) is 84.9 Å². The molecule has 0 saturated heterocycles. The van der Waals surface area contributed by atoms with E-state index in [1.54, 1.807) is 18.2 Å². The third kappa shape index (κ3) is 5.37. The maximum Gasteiger partial charge on any atom is 0.265 e. The van der Waals surface area contributed by atoms with Crippen LogP contribution in [0.2, 0.25) is 0 Å². The molecule has 0 unspecified atom stereocenters. The first kappa shape index (κ1) is 22.9. The molecule has 9 heteroatoms. The number of carbonyl (C=O) groups is 3. The van der Waals surface area contributed by atoms with Crippen molar-refractivity contribution in [3.05, 3.63) is 89.5 Å². The van der Waals surface area contributed by atoms with Gasteiger partial charge in [-0.05, 0) is 48.0 Å². The maximum absolute atomic E-state index is 13.7. The summed E-state index contributed by atoms with van der Waals surface area (Å²) in [6.07, 6.45) is 0. The van der Waals surface area contributed by atoms with Crippen molar-refractivity contribution in [2.45, 2.75) is 6.54 Å². The van der Waals surface area contributed by atoms with E-state index < -0.39 is 30.0 Å². The summed E-state index contributed by atoms with van der Waals surface area (Å²) in [5.74, 6) is -2.00. The summed E-state index contributed by atoms with van der Waals surface area (Å²) in [7, 11) is 0. The van der Waals surface area contributed by atoms with Gasteiger partial charge >= 0.3 is 0 Å². The Morgan fingerprint density at radius 1 is 1.03 bits per heavy atom. The number of hydrogen-bond acceptors (Lipinski definition) is 5. The zero-order valence-electron chi connectivity index (χ0n) is 17.9. The van der Waals surface area contributed by atoms with E-state index in [1.165, 1.54) is 53.4 Å². The smallest absolute Gasteiger partial charge is 0.265 e. The fourth-order valence-corrected chi connectivity index (χ4v) is 3.34. The molecule has 174 valence electrons. The van der Waals surface area contributed by atoms with Gasteiger partial charge in [-0.1, -0.05) is 24.3 Å². The van der Waals surface area contributed by atoms with Crippen LogP contribution in [0.1, 0.15) is 15.9 Å². The van der Waals surface area contributed by atoms with Gasteiger partial charge < -0.3 is 14.8 Å².